The fraction of sp³-hybridized carbons (Fsp3) is 0.632. The molecule has 1 heterocycles. The summed E-state index contributed by atoms with van der Waals surface area (Å²) >= 11 is 0. The molecule has 1 aliphatic rings. The van der Waals surface area contributed by atoms with Crippen molar-refractivity contribution in [2.24, 2.45) is 0 Å². The van der Waals surface area contributed by atoms with Gasteiger partial charge in [-0.2, -0.15) is 0 Å². The van der Waals surface area contributed by atoms with Crippen molar-refractivity contribution in [2.75, 3.05) is 19.7 Å². The first-order valence-corrected chi connectivity index (χ1v) is 8.80. The van der Waals surface area contributed by atoms with Crippen LogP contribution in [0, 0.1) is 0 Å². The number of amides is 1. The van der Waals surface area contributed by atoms with Crippen molar-refractivity contribution < 1.29 is 14.3 Å². The Balaban J connectivity index is 2.18. The van der Waals surface area contributed by atoms with E-state index in [9.17, 15) is 4.79 Å². The van der Waals surface area contributed by atoms with Gasteiger partial charge in [-0.15, -0.1) is 0 Å². The molecule has 0 fully saturated rings. The van der Waals surface area contributed by atoms with E-state index < -0.39 is 5.60 Å². The smallest absolute Gasteiger partial charge is 0.410 e. The third-order valence-corrected chi connectivity index (χ3v) is 3.91. The molecular formula is C19H30N2O3. The number of hydrogen-bond acceptors (Lipinski definition) is 4. The summed E-state index contributed by atoms with van der Waals surface area (Å²) in [6.45, 7) is 13.4. The normalized spacial score (nSPS) is 14.3. The Kier molecular flexibility index (Phi) is 6.10. The average Bonchev–Trinajstić information content (AvgIpc) is 2.51. The standard InChI is InChI=1S/C19H30N2O3/c1-6-20-12-15-10-14-8-9-21(18(22)24-19(3,4)5)13-16(14)11-17(15)23-7-2/h10-11,20H,6-9,12-13H2,1-5H3. The van der Waals surface area contributed by atoms with Gasteiger partial charge >= 0.3 is 6.09 Å². The Hall–Kier alpha value is -1.75. The lowest BCUT2D eigenvalue weighted by Gasteiger charge is -2.32. The summed E-state index contributed by atoms with van der Waals surface area (Å²) in [6.07, 6.45) is 0.600. The molecule has 0 bridgehead atoms. The van der Waals surface area contributed by atoms with Gasteiger partial charge in [-0.25, -0.2) is 4.79 Å². The van der Waals surface area contributed by atoms with Crippen LogP contribution in [-0.4, -0.2) is 36.3 Å². The molecule has 0 spiro atoms. The molecule has 2 rings (SSSR count). The lowest BCUT2D eigenvalue weighted by molar-refractivity contribution is 0.0223. The quantitative estimate of drug-likeness (QED) is 0.895. The predicted molar refractivity (Wildman–Crippen MR) is 95.3 cm³/mol. The topological polar surface area (TPSA) is 50.8 Å². The van der Waals surface area contributed by atoms with Crippen LogP contribution in [0.3, 0.4) is 0 Å². The molecule has 5 nitrogen and oxygen atoms in total. The number of nitrogens with one attached hydrogen (secondary N) is 1. The first kappa shape index (κ1) is 18.6. The molecule has 0 saturated heterocycles. The summed E-state index contributed by atoms with van der Waals surface area (Å²) in [5.41, 5.74) is 3.16. The van der Waals surface area contributed by atoms with Gasteiger partial charge in [0.2, 0.25) is 0 Å². The summed E-state index contributed by atoms with van der Waals surface area (Å²) in [7, 11) is 0. The van der Waals surface area contributed by atoms with Gasteiger partial charge in [0.1, 0.15) is 11.4 Å². The number of rotatable bonds is 5. The van der Waals surface area contributed by atoms with Crippen molar-refractivity contribution in [3.63, 3.8) is 0 Å². The average molecular weight is 334 g/mol. The summed E-state index contributed by atoms with van der Waals surface area (Å²) < 4.78 is 11.3. The highest BCUT2D eigenvalue weighted by molar-refractivity contribution is 5.68. The molecule has 1 amide bonds. The molecule has 24 heavy (non-hydrogen) atoms. The monoisotopic (exact) mass is 334 g/mol. The molecule has 0 unspecified atom stereocenters. The third-order valence-electron chi connectivity index (χ3n) is 3.91. The molecule has 1 N–H and O–H groups in total. The molecule has 0 aromatic heterocycles. The second kappa shape index (κ2) is 7.88. The Bertz CT molecular complexity index is 579. The highest BCUT2D eigenvalue weighted by Gasteiger charge is 2.26. The first-order chi connectivity index (χ1) is 11.3. The van der Waals surface area contributed by atoms with Crippen LogP contribution in [-0.2, 0) is 24.2 Å². The number of nitrogens with zero attached hydrogens (tertiary/aromatic N) is 1. The minimum atomic E-state index is -0.469. The van der Waals surface area contributed by atoms with E-state index in [1.165, 1.54) is 11.1 Å². The maximum absolute atomic E-state index is 12.3. The van der Waals surface area contributed by atoms with Gasteiger partial charge in [0, 0.05) is 25.2 Å². The Morgan fingerprint density at radius 2 is 2.00 bits per heavy atom. The maximum Gasteiger partial charge on any atom is 0.410 e. The van der Waals surface area contributed by atoms with Gasteiger partial charge in [-0.3, -0.25) is 0 Å². The summed E-state index contributed by atoms with van der Waals surface area (Å²) in [5, 5.41) is 3.36. The number of fused-ring (bicyclic) bond motifs is 1. The maximum atomic E-state index is 12.3. The van der Waals surface area contributed by atoms with E-state index in [1.54, 1.807) is 4.90 Å². The summed E-state index contributed by atoms with van der Waals surface area (Å²) in [5.74, 6) is 0.906. The van der Waals surface area contributed by atoms with Crippen LogP contribution in [0.15, 0.2) is 12.1 Å². The fourth-order valence-electron chi connectivity index (χ4n) is 2.81. The molecular weight excluding hydrogens is 304 g/mol. The number of carbonyl (C=O) groups is 1. The van der Waals surface area contributed by atoms with Crippen molar-refractivity contribution in [3.05, 3.63) is 28.8 Å². The lowest BCUT2D eigenvalue weighted by Crippen LogP contribution is -2.40. The molecule has 134 valence electrons. The van der Waals surface area contributed by atoms with Gasteiger partial charge in [0.25, 0.3) is 0 Å². The largest absolute Gasteiger partial charge is 0.494 e. The first-order valence-electron chi connectivity index (χ1n) is 8.80. The van der Waals surface area contributed by atoms with Crippen molar-refractivity contribution in [1.29, 1.82) is 0 Å². The minimum Gasteiger partial charge on any atom is -0.494 e. The van der Waals surface area contributed by atoms with Gasteiger partial charge in [-0.05, 0) is 57.9 Å². The van der Waals surface area contributed by atoms with Crippen molar-refractivity contribution in [2.45, 2.75) is 59.7 Å². The van der Waals surface area contributed by atoms with Gasteiger partial charge < -0.3 is 19.7 Å². The van der Waals surface area contributed by atoms with Crippen molar-refractivity contribution in [1.82, 2.24) is 10.2 Å². The molecule has 5 heteroatoms. The van der Waals surface area contributed by atoms with E-state index >= 15 is 0 Å². The van der Waals surface area contributed by atoms with E-state index in [1.807, 2.05) is 27.7 Å². The minimum absolute atomic E-state index is 0.247. The fourth-order valence-corrected chi connectivity index (χ4v) is 2.81. The second-order valence-electron chi connectivity index (χ2n) is 7.09. The molecule has 0 saturated carbocycles. The van der Waals surface area contributed by atoms with E-state index in [-0.39, 0.29) is 6.09 Å². The Labute approximate surface area is 145 Å². The predicted octanol–water partition coefficient (Wildman–Crippen LogP) is 3.49. The van der Waals surface area contributed by atoms with Crippen LogP contribution < -0.4 is 10.1 Å². The van der Waals surface area contributed by atoms with E-state index in [2.05, 4.69) is 24.4 Å². The zero-order chi connectivity index (χ0) is 17.7. The van der Waals surface area contributed by atoms with Crippen molar-refractivity contribution >= 4 is 6.09 Å². The number of ether oxygens (including phenoxy) is 2. The van der Waals surface area contributed by atoms with Crippen LogP contribution >= 0.6 is 0 Å². The van der Waals surface area contributed by atoms with Gasteiger partial charge in [0.15, 0.2) is 0 Å². The molecule has 1 aromatic carbocycles. The zero-order valence-electron chi connectivity index (χ0n) is 15.6. The van der Waals surface area contributed by atoms with Crippen LogP contribution in [0.1, 0.15) is 51.3 Å². The van der Waals surface area contributed by atoms with Gasteiger partial charge in [0.05, 0.1) is 6.61 Å². The summed E-state index contributed by atoms with van der Waals surface area (Å²) in [4.78, 5) is 14.1. The Morgan fingerprint density at radius 3 is 2.62 bits per heavy atom. The van der Waals surface area contributed by atoms with E-state index in [4.69, 9.17) is 9.47 Å². The molecule has 1 aromatic rings. The van der Waals surface area contributed by atoms with Gasteiger partial charge in [-0.1, -0.05) is 13.0 Å². The van der Waals surface area contributed by atoms with Crippen LogP contribution in [0.5, 0.6) is 5.75 Å². The Morgan fingerprint density at radius 1 is 1.25 bits per heavy atom. The molecule has 0 radical (unpaired) electrons. The lowest BCUT2D eigenvalue weighted by atomic mass is 9.96. The number of hydrogen-bond donors (Lipinski definition) is 1. The van der Waals surface area contributed by atoms with E-state index in [0.29, 0.717) is 19.7 Å². The highest BCUT2D eigenvalue weighted by atomic mass is 16.6. The van der Waals surface area contributed by atoms with Crippen LogP contribution in [0.2, 0.25) is 0 Å². The van der Waals surface area contributed by atoms with Crippen LogP contribution in [0.4, 0.5) is 4.79 Å². The highest BCUT2D eigenvalue weighted by Crippen LogP contribution is 2.29. The number of carbonyl (C=O) groups excluding carboxylic acids is 1. The van der Waals surface area contributed by atoms with E-state index in [0.717, 1.165) is 30.8 Å². The summed E-state index contributed by atoms with van der Waals surface area (Å²) in [6, 6.07) is 4.30. The third kappa shape index (κ3) is 4.87. The SMILES string of the molecule is CCNCc1cc2c(cc1OCC)CN(C(=O)OC(C)(C)C)CC2. The molecule has 0 atom stereocenters. The van der Waals surface area contributed by atoms with Crippen LogP contribution in [0.25, 0.3) is 0 Å². The number of benzene rings is 1. The second-order valence-corrected chi connectivity index (χ2v) is 7.09. The zero-order valence-corrected chi connectivity index (χ0v) is 15.6. The molecule has 0 aliphatic carbocycles. The van der Waals surface area contributed by atoms with Crippen molar-refractivity contribution in [3.8, 4) is 5.75 Å². The molecule has 1 aliphatic heterocycles.